The Morgan fingerprint density at radius 1 is 1.16 bits per heavy atom. The third kappa shape index (κ3) is 5.88. The fourth-order valence-corrected chi connectivity index (χ4v) is 3.92. The monoisotopic (exact) mass is 292 g/mol. The molecule has 1 rings (SSSR count). The predicted molar refractivity (Wildman–Crippen MR) is 72.9 cm³/mol. The summed E-state index contributed by atoms with van der Waals surface area (Å²) in [5.41, 5.74) is -0.588. The lowest BCUT2D eigenvalue weighted by Crippen LogP contribution is -2.52. The molecule has 1 aliphatic rings. The maximum absolute atomic E-state index is 12.0. The predicted octanol–water partition coefficient (Wildman–Crippen LogP) is 1.24. The van der Waals surface area contributed by atoms with Gasteiger partial charge in [0.05, 0.1) is 5.92 Å². The zero-order valence-corrected chi connectivity index (χ0v) is 12.6. The van der Waals surface area contributed by atoms with Crippen molar-refractivity contribution >= 4 is 16.2 Å². The van der Waals surface area contributed by atoms with E-state index in [0.29, 0.717) is 12.8 Å². The van der Waals surface area contributed by atoms with Gasteiger partial charge in [0.15, 0.2) is 0 Å². The van der Waals surface area contributed by atoms with E-state index in [1.54, 1.807) is 20.8 Å². The Morgan fingerprint density at radius 2 is 1.74 bits per heavy atom. The fraction of sp³-hybridized carbons (Fsp3) is 0.917. The molecule has 0 amide bonds. The quantitative estimate of drug-likeness (QED) is 0.679. The third-order valence-corrected chi connectivity index (χ3v) is 4.57. The van der Waals surface area contributed by atoms with E-state index in [2.05, 4.69) is 9.44 Å². The lowest BCUT2D eigenvalue weighted by molar-refractivity contribution is -0.142. The molecule has 0 bridgehead atoms. The van der Waals surface area contributed by atoms with Crippen molar-refractivity contribution in [1.29, 1.82) is 0 Å². The highest BCUT2D eigenvalue weighted by molar-refractivity contribution is 7.87. The van der Waals surface area contributed by atoms with Crippen LogP contribution < -0.4 is 9.44 Å². The molecule has 0 heterocycles. The van der Waals surface area contributed by atoms with Gasteiger partial charge in [0, 0.05) is 11.6 Å². The van der Waals surface area contributed by atoms with Gasteiger partial charge in [0.2, 0.25) is 0 Å². The topological polar surface area (TPSA) is 95.5 Å². The first-order valence-electron chi connectivity index (χ1n) is 6.65. The Kier molecular flexibility index (Phi) is 5.34. The number of carboxylic acids is 1. The standard InChI is InChI=1S/C12H24N2O4S/c1-12(2,3)14-19(17,18)13-10-8-6-4-5-7-9(10)11(15)16/h9-10,13-14H,4-8H2,1-3H3,(H,15,16). The summed E-state index contributed by atoms with van der Waals surface area (Å²) in [6, 6.07) is -0.528. The van der Waals surface area contributed by atoms with Gasteiger partial charge in [0.1, 0.15) is 0 Å². The van der Waals surface area contributed by atoms with Crippen LogP contribution in [0, 0.1) is 5.92 Å². The Bertz CT molecular complexity index is 414. The zero-order valence-electron chi connectivity index (χ0n) is 11.8. The average molecular weight is 292 g/mol. The molecule has 0 aromatic rings. The Labute approximate surface area is 115 Å². The lowest BCUT2D eigenvalue weighted by Gasteiger charge is -2.26. The van der Waals surface area contributed by atoms with Crippen LogP contribution in [0.4, 0.5) is 0 Å². The smallest absolute Gasteiger partial charge is 0.308 e. The van der Waals surface area contributed by atoms with E-state index in [0.717, 1.165) is 19.3 Å². The van der Waals surface area contributed by atoms with Gasteiger partial charge >= 0.3 is 5.97 Å². The molecular formula is C12H24N2O4S. The van der Waals surface area contributed by atoms with Gasteiger partial charge in [-0.05, 0) is 33.6 Å². The van der Waals surface area contributed by atoms with Crippen LogP contribution in [0.15, 0.2) is 0 Å². The summed E-state index contributed by atoms with van der Waals surface area (Å²) in [6.45, 7) is 5.23. The van der Waals surface area contributed by atoms with Crippen LogP contribution >= 0.6 is 0 Å². The van der Waals surface area contributed by atoms with E-state index in [4.69, 9.17) is 0 Å². The second kappa shape index (κ2) is 6.19. The molecule has 1 aliphatic carbocycles. The first-order valence-corrected chi connectivity index (χ1v) is 8.13. The largest absolute Gasteiger partial charge is 0.481 e. The summed E-state index contributed by atoms with van der Waals surface area (Å²) in [4.78, 5) is 11.2. The summed E-state index contributed by atoms with van der Waals surface area (Å²) < 4.78 is 29.0. The molecule has 0 aromatic carbocycles. The minimum atomic E-state index is -3.68. The minimum Gasteiger partial charge on any atom is -0.481 e. The van der Waals surface area contributed by atoms with Gasteiger partial charge in [-0.25, -0.2) is 0 Å². The van der Waals surface area contributed by atoms with Crippen LogP contribution in [0.3, 0.4) is 0 Å². The normalized spacial score (nSPS) is 25.8. The van der Waals surface area contributed by atoms with Gasteiger partial charge in [0.25, 0.3) is 10.2 Å². The summed E-state index contributed by atoms with van der Waals surface area (Å²) in [7, 11) is -3.68. The van der Waals surface area contributed by atoms with Crippen LogP contribution in [0.1, 0.15) is 52.9 Å². The SMILES string of the molecule is CC(C)(C)NS(=O)(=O)NC1CCCCCC1C(=O)O. The average Bonchev–Trinajstić information content (AvgIpc) is 2.38. The zero-order chi connectivity index (χ0) is 14.7. The first-order chi connectivity index (χ1) is 8.61. The minimum absolute atomic E-state index is 0.526. The Morgan fingerprint density at radius 3 is 2.26 bits per heavy atom. The van der Waals surface area contributed by atoms with E-state index < -0.39 is 33.7 Å². The number of hydrogen-bond acceptors (Lipinski definition) is 3. The van der Waals surface area contributed by atoms with Gasteiger partial charge < -0.3 is 5.11 Å². The molecule has 0 saturated heterocycles. The molecule has 2 unspecified atom stereocenters. The molecule has 19 heavy (non-hydrogen) atoms. The second-order valence-corrected chi connectivity index (χ2v) is 7.61. The molecule has 0 aromatic heterocycles. The van der Waals surface area contributed by atoms with Crippen molar-refractivity contribution in [2.24, 2.45) is 5.92 Å². The van der Waals surface area contributed by atoms with Gasteiger partial charge in [-0.3, -0.25) is 4.79 Å². The molecule has 0 spiro atoms. The lowest BCUT2D eigenvalue weighted by atomic mass is 9.96. The number of carbonyl (C=O) groups is 1. The van der Waals surface area contributed by atoms with Crippen molar-refractivity contribution in [1.82, 2.24) is 9.44 Å². The fourth-order valence-electron chi connectivity index (χ4n) is 2.38. The molecule has 1 fully saturated rings. The second-order valence-electron chi connectivity index (χ2n) is 6.16. The van der Waals surface area contributed by atoms with E-state index >= 15 is 0 Å². The van der Waals surface area contributed by atoms with E-state index in [1.807, 2.05) is 0 Å². The van der Waals surface area contributed by atoms with Crippen LogP contribution in [-0.2, 0) is 15.0 Å². The number of nitrogens with one attached hydrogen (secondary N) is 2. The molecule has 0 radical (unpaired) electrons. The molecule has 112 valence electrons. The highest BCUT2D eigenvalue weighted by atomic mass is 32.2. The molecule has 0 aliphatic heterocycles. The maximum atomic E-state index is 12.0. The Hall–Kier alpha value is -0.660. The number of rotatable bonds is 4. The molecule has 1 saturated carbocycles. The van der Waals surface area contributed by atoms with Crippen LogP contribution in [-0.4, -0.2) is 31.1 Å². The molecule has 7 heteroatoms. The summed E-state index contributed by atoms with van der Waals surface area (Å²) in [5, 5.41) is 9.21. The van der Waals surface area contributed by atoms with Crippen molar-refractivity contribution in [3.63, 3.8) is 0 Å². The summed E-state index contributed by atoms with van der Waals surface area (Å²) >= 11 is 0. The summed E-state index contributed by atoms with van der Waals surface area (Å²) in [6.07, 6.45) is 3.74. The first kappa shape index (κ1) is 16.4. The number of aliphatic carboxylic acids is 1. The van der Waals surface area contributed by atoms with Gasteiger partial charge in [-0.2, -0.15) is 17.9 Å². The third-order valence-electron chi connectivity index (χ3n) is 3.08. The molecule has 3 N–H and O–H groups in total. The van der Waals surface area contributed by atoms with E-state index in [9.17, 15) is 18.3 Å². The number of hydrogen-bond donors (Lipinski definition) is 3. The number of carboxylic acid groups (broad SMARTS) is 1. The van der Waals surface area contributed by atoms with Crippen LogP contribution in [0.5, 0.6) is 0 Å². The summed E-state index contributed by atoms with van der Waals surface area (Å²) in [5.74, 6) is -1.57. The molecule has 6 nitrogen and oxygen atoms in total. The maximum Gasteiger partial charge on any atom is 0.308 e. The van der Waals surface area contributed by atoms with Crippen molar-refractivity contribution in [3.8, 4) is 0 Å². The van der Waals surface area contributed by atoms with Crippen molar-refractivity contribution in [2.75, 3.05) is 0 Å². The van der Waals surface area contributed by atoms with Crippen LogP contribution in [0.25, 0.3) is 0 Å². The highest BCUT2D eigenvalue weighted by Gasteiger charge is 2.33. The van der Waals surface area contributed by atoms with Crippen molar-refractivity contribution < 1.29 is 18.3 Å². The molecule has 2 atom stereocenters. The van der Waals surface area contributed by atoms with E-state index in [1.165, 1.54) is 0 Å². The van der Waals surface area contributed by atoms with Gasteiger partial charge in [-0.1, -0.05) is 19.3 Å². The van der Waals surface area contributed by atoms with E-state index in [-0.39, 0.29) is 0 Å². The van der Waals surface area contributed by atoms with Crippen molar-refractivity contribution in [2.45, 2.75) is 64.5 Å². The van der Waals surface area contributed by atoms with Crippen molar-refractivity contribution in [3.05, 3.63) is 0 Å². The highest BCUT2D eigenvalue weighted by Crippen LogP contribution is 2.24. The Balaban J connectivity index is 2.78. The van der Waals surface area contributed by atoms with Gasteiger partial charge in [-0.15, -0.1) is 0 Å². The molecular weight excluding hydrogens is 268 g/mol. The van der Waals surface area contributed by atoms with Crippen LogP contribution in [0.2, 0.25) is 0 Å².